The predicted molar refractivity (Wildman–Crippen MR) is 71.7 cm³/mol. The first kappa shape index (κ1) is 12.9. The SMILES string of the molecule is COC(=O)Nc1ccc(C2(CN)CCCC2)cc1. The van der Waals surface area contributed by atoms with Gasteiger partial charge in [-0.2, -0.15) is 0 Å². The second kappa shape index (κ2) is 5.40. The molecule has 1 aromatic rings. The maximum absolute atomic E-state index is 11.1. The molecular formula is C14H20N2O2. The van der Waals surface area contributed by atoms with Crippen LogP contribution < -0.4 is 11.1 Å². The Bertz CT molecular complexity index is 408. The Morgan fingerprint density at radius 2 is 1.94 bits per heavy atom. The zero-order valence-corrected chi connectivity index (χ0v) is 10.7. The number of nitrogens with one attached hydrogen (secondary N) is 1. The van der Waals surface area contributed by atoms with E-state index in [4.69, 9.17) is 5.73 Å². The Hall–Kier alpha value is -1.55. The van der Waals surface area contributed by atoms with Crippen LogP contribution in [0, 0.1) is 0 Å². The number of carbonyl (C=O) groups is 1. The van der Waals surface area contributed by atoms with Crippen LogP contribution in [0.4, 0.5) is 10.5 Å². The minimum atomic E-state index is -0.447. The van der Waals surface area contributed by atoms with Crippen LogP contribution in [0.1, 0.15) is 31.2 Å². The Kier molecular flexibility index (Phi) is 3.87. The number of rotatable bonds is 3. The first-order valence-electron chi connectivity index (χ1n) is 6.36. The fourth-order valence-electron chi connectivity index (χ4n) is 2.74. The largest absolute Gasteiger partial charge is 0.453 e. The highest BCUT2D eigenvalue weighted by atomic mass is 16.5. The molecule has 0 bridgehead atoms. The summed E-state index contributed by atoms with van der Waals surface area (Å²) in [7, 11) is 1.35. The van der Waals surface area contributed by atoms with Gasteiger partial charge < -0.3 is 10.5 Å². The molecule has 0 atom stereocenters. The van der Waals surface area contributed by atoms with Crippen molar-refractivity contribution in [2.75, 3.05) is 19.0 Å². The van der Waals surface area contributed by atoms with Crippen LogP contribution in [-0.2, 0) is 10.2 Å². The number of amides is 1. The van der Waals surface area contributed by atoms with Crippen molar-refractivity contribution in [1.29, 1.82) is 0 Å². The lowest BCUT2D eigenvalue weighted by molar-refractivity contribution is 0.187. The van der Waals surface area contributed by atoms with Crippen molar-refractivity contribution in [3.63, 3.8) is 0 Å². The van der Waals surface area contributed by atoms with Gasteiger partial charge in [0.1, 0.15) is 0 Å². The molecule has 1 aromatic carbocycles. The van der Waals surface area contributed by atoms with Gasteiger partial charge in [0.15, 0.2) is 0 Å². The molecule has 1 fully saturated rings. The fraction of sp³-hybridized carbons (Fsp3) is 0.500. The monoisotopic (exact) mass is 248 g/mol. The van der Waals surface area contributed by atoms with Gasteiger partial charge in [0.25, 0.3) is 0 Å². The number of ether oxygens (including phenoxy) is 1. The van der Waals surface area contributed by atoms with E-state index >= 15 is 0 Å². The summed E-state index contributed by atoms with van der Waals surface area (Å²) < 4.78 is 4.56. The molecule has 1 aliphatic carbocycles. The molecule has 1 saturated carbocycles. The quantitative estimate of drug-likeness (QED) is 0.864. The second-order valence-corrected chi connectivity index (χ2v) is 4.89. The highest BCUT2D eigenvalue weighted by Crippen LogP contribution is 2.40. The van der Waals surface area contributed by atoms with E-state index in [-0.39, 0.29) is 5.41 Å². The summed E-state index contributed by atoms with van der Waals surface area (Å²) in [6.07, 6.45) is 4.37. The van der Waals surface area contributed by atoms with Gasteiger partial charge in [0, 0.05) is 17.6 Å². The third kappa shape index (κ3) is 2.48. The average molecular weight is 248 g/mol. The molecule has 0 aliphatic heterocycles. The minimum absolute atomic E-state index is 0.143. The van der Waals surface area contributed by atoms with Gasteiger partial charge >= 0.3 is 6.09 Å². The predicted octanol–water partition coefficient (Wildman–Crippen LogP) is 2.64. The third-order valence-corrected chi connectivity index (χ3v) is 3.88. The number of benzene rings is 1. The molecule has 0 heterocycles. The van der Waals surface area contributed by atoms with Crippen molar-refractivity contribution < 1.29 is 9.53 Å². The first-order chi connectivity index (χ1) is 8.70. The van der Waals surface area contributed by atoms with Crippen LogP contribution in [0.5, 0.6) is 0 Å². The van der Waals surface area contributed by atoms with E-state index in [0.717, 1.165) is 18.5 Å². The van der Waals surface area contributed by atoms with Crippen molar-refractivity contribution in [2.24, 2.45) is 5.73 Å². The maximum atomic E-state index is 11.1. The van der Waals surface area contributed by atoms with Crippen LogP contribution in [0.25, 0.3) is 0 Å². The van der Waals surface area contributed by atoms with Crippen molar-refractivity contribution in [3.8, 4) is 0 Å². The number of methoxy groups -OCH3 is 1. The lowest BCUT2D eigenvalue weighted by Gasteiger charge is -2.28. The molecule has 1 aliphatic rings. The van der Waals surface area contributed by atoms with Crippen molar-refractivity contribution >= 4 is 11.8 Å². The van der Waals surface area contributed by atoms with Crippen molar-refractivity contribution in [1.82, 2.24) is 0 Å². The molecule has 2 rings (SSSR count). The van der Waals surface area contributed by atoms with Gasteiger partial charge in [-0.15, -0.1) is 0 Å². The molecule has 98 valence electrons. The molecule has 1 amide bonds. The number of hydrogen-bond donors (Lipinski definition) is 2. The smallest absolute Gasteiger partial charge is 0.411 e. The zero-order valence-electron chi connectivity index (χ0n) is 10.7. The van der Waals surface area contributed by atoms with E-state index in [1.165, 1.54) is 25.5 Å². The van der Waals surface area contributed by atoms with Gasteiger partial charge in [-0.25, -0.2) is 4.79 Å². The Morgan fingerprint density at radius 1 is 1.33 bits per heavy atom. The highest BCUT2D eigenvalue weighted by Gasteiger charge is 2.33. The second-order valence-electron chi connectivity index (χ2n) is 4.89. The topological polar surface area (TPSA) is 64.3 Å². The molecule has 0 aromatic heterocycles. The van der Waals surface area contributed by atoms with Crippen LogP contribution in [0.15, 0.2) is 24.3 Å². The Morgan fingerprint density at radius 3 is 2.44 bits per heavy atom. The maximum Gasteiger partial charge on any atom is 0.411 e. The first-order valence-corrected chi connectivity index (χ1v) is 6.36. The van der Waals surface area contributed by atoms with E-state index < -0.39 is 6.09 Å². The van der Waals surface area contributed by atoms with Crippen LogP contribution in [-0.4, -0.2) is 19.7 Å². The molecular weight excluding hydrogens is 228 g/mol. The fourth-order valence-corrected chi connectivity index (χ4v) is 2.74. The summed E-state index contributed by atoms with van der Waals surface area (Å²) in [4.78, 5) is 11.1. The minimum Gasteiger partial charge on any atom is -0.453 e. The molecule has 0 radical (unpaired) electrons. The number of nitrogens with two attached hydrogens (primary N) is 1. The third-order valence-electron chi connectivity index (χ3n) is 3.88. The Balaban J connectivity index is 2.14. The summed E-state index contributed by atoms with van der Waals surface area (Å²) >= 11 is 0. The number of hydrogen-bond acceptors (Lipinski definition) is 3. The summed E-state index contributed by atoms with van der Waals surface area (Å²) in [5, 5.41) is 2.65. The Labute approximate surface area is 108 Å². The van der Waals surface area contributed by atoms with Crippen LogP contribution in [0.3, 0.4) is 0 Å². The van der Waals surface area contributed by atoms with Crippen molar-refractivity contribution in [2.45, 2.75) is 31.1 Å². The summed E-state index contributed by atoms with van der Waals surface area (Å²) in [5.74, 6) is 0. The number of anilines is 1. The van der Waals surface area contributed by atoms with Crippen LogP contribution in [0.2, 0.25) is 0 Å². The lowest BCUT2D eigenvalue weighted by atomic mass is 9.79. The molecule has 0 spiro atoms. The molecule has 4 heteroatoms. The standard InChI is InChI=1S/C14H20N2O2/c1-18-13(17)16-12-6-4-11(5-7-12)14(10-15)8-2-3-9-14/h4-7H,2-3,8-10,15H2,1H3,(H,16,17). The van der Waals surface area contributed by atoms with Gasteiger partial charge in [-0.3, -0.25) is 5.32 Å². The van der Waals surface area contributed by atoms with Crippen LogP contribution >= 0.6 is 0 Å². The van der Waals surface area contributed by atoms with E-state index in [2.05, 4.69) is 22.2 Å². The lowest BCUT2D eigenvalue weighted by Crippen LogP contribution is -2.31. The van der Waals surface area contributed by atoms with E-state index in [1.807, 2.05) is 12.1 Å². The molecule has 18 heavy (non-hydrogen) atoms. The van der Waals surface area contributed by atoms with Gasteiger partial charge in [0.05, 0.1) is 7.11 Å². The summed E-state index contributed by atoms with van der Waals surface area (Å²) in [5.41, 5.74) is 8.12. The van der Waals surface area contributed by atoms with E-state index in [9.17, 15) is 4.79 Å². The zero-order chi connectivity index (χ0) is 13.0. The summed E-state index contributed by atoms with van der Waals surface area (Å²) in [6.45, 7) is 0.691. The highest BCUT2D eigenvalue weighted by molar-refractivity contribution is 5.84. The summed E-state index contributed by atoms with van der Waals surface area (Å²) in [6, 6.07) is 7.93. The number of carbonyl (C=O) groups excluding carboxylic acids is 1. The molecule has 4 nitrogen and oxygen atoms in total. The molecule has 0 saturated heterocycles. The average Bonchev–Trinajstić information content (AvgIpc) is 2.89. The van der Waals surface area contributed by atoms with Gasteiger partial charge in [-0.05, 0) is 30.5 Å². The van der Waals surface area contributed by atoms with E-state index in [0.29, 0.717) is 6.54 Å². The van der Waals surface area contributed by atoms with E-state index in [1.54, 1.807) is 0 Å². The van der Waals surface area contributed by atoms with Gasteiger partial charge in [0.2, 0.25) is 0 Å². The normalized spacial score (nSPS) is 17.4. The van der Waals surface area contributed by atoms with Gasteiger partial charge in [-0.1, -0.05) is 25.0 Å². The molecule has 3 N–H and O–H groups in total. The molecule has 0 unspecified atom stereocenters. The van der Waals surface area contributed by atoms with Crippen molar-refractivity contribution in [3.05, 3.63) is 29.8 Å².